The van der Waals surface area contributed by atoms with Crippen LogP contribution in [0.3, 0.4) is 0 Å². The van der Waals surface area contributed by atoms with Crippen LogP contribution in [0.15, 0.2) is 29.0 Å². The monoisotopic (exact) mass is 310 g/mol. The van der Waals surface area contributed by atoms with E-state index in [0.29, 0.717) is 0 Å². The van der Waals surface area contributed by atoms with Crippen molar-refractivity contribution < 1.29 is 0 Å². The summed E-state index contributed by atoms with van der Waals surface area (Å²) in [6.07, 6.45) is 3.76. The minimum absolute atomic E-state index is 0.869. The molecule has 0 aliphatic carbocycles. The van der Waals surface area contributed by atoms with Gasteiger partial charge in [-0.15, -0.1) is 11.3 Å². The maximum Gasteiger partial charge on any atom is 0.0315 e. The number of nitrogens with one attached hydrogen (secondary N) is 1. The van der Waals surface area contributed by atoms with Crippen molar-refractivity contribution in [2.45, 2.75) is 26.9 Å². The number of thiophene rings is 1. The zero-order valence-corrected chi connectivity index (χ0v) is 12.4. The average molecular weight is 311 g/mol. The number of hydrogen-bond acceptors (Lipinski definition) is 3. The molecule has 0 atom stereocenters. The second kappa shape index (κ2) is 5.76. The summed E-state index contributed by atoms with van der Waals surface area (Å²) in [6.45, 7) is 6.02. The van der Waals surface area contributed by atoms with E-state index in [1.807, 2.05) is 29.8 Å². The third-order valence-corrected chi connectivity index (χ3v) is 4.81. The van der Waals surface area contributed by atoms with Crippen LogP contribution >= 0.6 is 27.3 Å². The van der Waals surface area contributed by atoms with Gasteiger partial charge in [-0.1, -0.05) is 0 Å². The smallest absolute Gasteiger partial charge is 0.0315 e. The molecule has 2 rings (SSSR count). The molecule has 0 fully saturated rings. The highest BCUT2D eigenvalue weighted by Crippen LogP contribution is 2.26. The van der Waals surface area contributed by atoms with E-state index in [9.17, 15) is 0 Å². The lowest BCUT2D eigenvalue weighted by molar-refractivity contribution is 0.695. The van der Waals surface area contributed by atoms with E-state index in [1.165, 1.54) is 25.4 Å². The fourth-order valence-corrected chi connectivity index (χ4v) is 3.18. The molecule has 0 saturated carbocycles. The lowest BCUT2D eigenvalue weighted by Crippen LogP contribution is -2.12. The summed E-state index contributed by atoms with van der Waals surface area (Å²) in [7, 11) is 0. The summed E-state index contributed by atoms with van der Waals surface area (Å²) in [6, 6.07) is 4.23. The molecule has 0 aliphatic heterocycles. The normalized spacial score (nSPS) is 10.8. The summed E-state index contributed by atoms with van der Waals surface area (Å²) in [5, 5.41) is 3.45. The van der Waals surface area contributed by atoms with Gasteiger partial charge in [0, 0.05) is 39.7 Å². The Balaban J connectivity index is 1.90. The molecule has 0 saturated heterocycles. The van der Waals surface area contributed by atoms with E-state index in [2.05, 4.69) is 46.1 Å². The first kappa shape index (κ1) is 12.7. The van der Waals surface area contributed by atoms with Crippen LogP contribution in [0, 0.1) is 13.8 Å². The van der Waals surface area contributed by atoms with Gasteiger partial charge in [0.1, 0.15) is 0 Å². The van der Waals surface area contributed by atoms with Crippen molar-refractivity contribution in [2.24, 2.45) is 0 Å². The molecule has 0 unspecified atom stereocenters. The van der Waals surface area contributed by atoms with Gasteiger partial charge in [0.05, 0.1) is 0 Å². The van der Waals surface area contributed by atoms with Crippen molar-refractivity contribution in [3.63, 3.8) is 0 Å². The number of pyridine rings is 1. The molecule has 1 N–H and O–H groups in total. The first-order chi connectivity index (χ1) is 8.16. The molecule has 17 heavy (non-hydrogen) atoms. The van der Waals surface area contributed by atoms with Gasteiger partial charge in [-0.3, -0.25) is 4.98 Å². The van der Waals surface area contributed by atoms with Crippen molar-refractivity contribution in [1.29, 1.82) is 0 Å². The molecule has 2 aromatic heterocycles. The summed E-state index contributed by atoms with van der Waals surface area (Å²) in [5.74, 6) is 0. The second-order valence-corrected chi connectivity index (χ2v) is 6.22. The number of halogens is 1. The highest BCUT2D eigenvalue weighted by molar-refractivity contribution is 9.10. The SMILES string of the molecule is Cc1ccncc1CNCc1cc(Br)c(C)s1. The van der Waals surface area contributed by atoms with Crippen LogP contribution in [0.4, 0.5) is 0 Å². The first-order valence-corrected chi connectivity index (χ1v) is 7.13. The molecule has 0 aromatic carbocycles. The molecule has 0 aliphatic rings. The number of hydrogen-bond donors (Lipinski definition) is 1. The quantitative estimate of drug-likeness (QED) is 0.928. The Morgan fingerprint density at radius 2 is 2.18 bits per heavy atom. The minimum Gasteiger partial charge on any atom is -0.308 e. The number of rotatable bonds is 4. The predicted octanol–water partition coefficient (Wildman–Crippen LogP) is 3.81. The van der Waals surface area contributed by atoms with Crippen LogP contribution in [0.1, 0.15) is 20.9 Å². The molecule has 2 heterocycles. The van der Waals surface area contributed by atoms with Gasteiger partial charge in [0.25, 0.3) is 0 Å². The molecule has 0 amide bonds. The maximum absolute atomic E-state index is 4.14. The first-order valence-electron chi connectivity index (χ1n) is 5.52. The van der Waals surface area contributed by atoms with E-state index in [0.717, 1.165) is 13.1 Å². The van der Waals surface area contributed by atoms with Crippen molar-refractivity contribution in [3.8, 4) is 0 Å². The summed E-state index contributed by atoms with van der Waals surface area (Å²) < 4.78 is 1.21. The van der Waals surface area contributed by atoms with Gasteiger partial charge in [-0.25, -0.2) is 0 Å². The Morgan fingerprint density at radius 3 is 2.82 bits per heavy atom. The largest absolute Gasteiger partial charge is 0.308 e. The van der Waals surface area contributed by atoms with Crippen molar-refractivity contribution in [3.05, 3.63) is 49.9 Å². The van der Waals surface area contributed by atoms with Gasteiger partial charge in [0.2, 0.25) is 0 Å². The highest BCUT2D eigenvalue weighted by Gasteiger charge is 2.03. The molecular formula is C13H15BrN2S. The zero-order valence-electron chi connectivity index (χ0n) is 9.96. The van der Waals surface area contributed by atoms with Crippen LogP contribution in [0.2, 0.25) is 0 Å². The van der Waals surface area contributed by atoms with Crippen LogP contribution in [-0.2, 0) is 13.1 Å². The van der Waals surface area contributed by atoms with Gasteiger partial charge in [-0.05, 0) is 53.0 Å². The fourth-order valence-electron chi connectivity index (χ4n) is 1.61. The summed E-state index contributed by atoms with van der Waals surface area (Å²) >= 11 is 5.37. The zero-order chi connectivity index (χ0) is 12.3. The van der Waals surface area contributed by atoms with E-state index in [1.54, 1.807) is 0 Å². The van der Waals surface area contributed by atoms with Crippen molar-refractivity contribution >= 4 is 27.3 Å². The van der Waals surface area contributed by atoms with Gasteiger partial charge in [0.15, 0.2) is 0 Å². The Hall–Kier alpha value is -0.710. The Morgan fingerprint density at radius 1 is 1.35 bits per heavy atom. The second-order valence-electron chi connectivity index (χ2n) is 4.02. The van der Waals surface area contributed by atoms with Gasteiger partial charge in [-0.2, -0.15) is 0 Å². The van der Waals surface area contributed by atoms with Crippen molar-refractivity contribution in [2.75, 3.05) is 0 Å². The number of nitrogens with zero attached hydrogens (tertiary/aromatic N) is 1. The Kier molecular flexibility index (Phi) is 4.31. The highest BCUT2D eigenvalue weighted by atomic mass is 79.9. The van der Waals surface area contributed by atoms with Gasteiger partial charge >= 0.3 is 0 Å². The summed E-state index contributed by atoms with van der Waals surface area (Å²) in [5.41, 5.74) is 2.55. The standard InChI is InChI=1S/C13H15BrN2S/c1-9-3-4-15-6-11(9)7-16-8-12-5-13(14)10(2)17-12/h3-6,16H,7-8H2,1-2H3. The molecule has 90 valence electrons. The van der Waals surface area contributed by atoms with E-state index >= 15 is 0 Å². The lowest BCUT2D eigenvalue weighted by Gasteiger charge is -2.05. The lowest BCUT2D eigenvalue weighted by atomic mass is 10.1. The number of aromatic nitrogens is 1. The molecule has 0 radical (unpaired) electrons. The van der Waals surface area contributed by atoms with E-state index in [-0.39, 0.29) is 0 Å². The number of aryl methyl sites for hydroxylation is 2. The molecule has 2 nitrogen and oxygen atoms in total. The van der Waals surface area contributed by atoms with Crippen LogP contribution in [-0.4, -0.2) is 4.98 Å². The summed E-state index contributed by atoms with van der Waals surface area (Å²) in [4.78, 5) is 6.83. The van der Waals surface area contributed by atoms with E-state index in [4.69, 9.17) is 0 Å². The topological polar surface area (TPSA) is 24.9 Å². The Bertz CT molecular complexity index is 488. The van der Waals surface area contributed by atoms with Gasteiger partial charge < -0.3 is 5.32 Å². The maximum atomic E-state index is 4.14. The van der Waals surface area contributed by atoms with Crippen molar-refractivity contribution in [1.82, 2.24) is 10.3 Å². The molecule has 0 bridgehead atoms. The third-order valence-electron chi connectivity index (χ3n) is 2.67. The molecule has 4 heteroatoms. The average Bonchev–Trinajstić information content (AvgIpc) is 2.61. The third kappa shape index (κ3) is 3.37. The fraction of sp³-hybridized carbons (Fsp3) is 0.308. The minimum atomic E-state index is 0.869. The predicted molar refractivity (Wildman–Crippen MR) is 76.3 cm³/mol. The van der Waals surface area contributed by atoms with Crippen LogP contribution < -0.4 is 5.32 Å². The Labute approximate surface area is 114 Å². The van der Waals surface area contributed by atoms with E-state index < -0.39 is 0 Å². The molecule has 0 spiro atoms. The van der Waals surface area contributed by atoms with Crippen LogP contribution in [0.5, 0.6) is 0 Å². The molecule has 2 aromatic rings. The van der Waals surface area contributed by atoms with Crippen LogP contribution in [0.25, 0.3) is 0 Å². The molecular weight excluding hydrogens is 296 g/mol.